The highest BCUT2D eigenvalue weighted by molar-refractivity contribution is 8.03. The van der Waals surface area contributed by atoms with Crippen molar-refractivity contribution in [3.8, 4) is 0 Å². The van der Waals surface area contributed by atoms with E-state index in [0.717, 1.165) is 0 Å². The van der Waals surface area contributed by atoms with Crippen molar-refractivity contribution >= 4 is 35.7 Å². The zero-order valence-electron chi connectivity index (χ0n) is 19.8. The second-order valence-corrected chi connectivity index (χ2v) is 10.1. The van der Waals surface area contributed by atoms with Gasteiger partial charge in [-0.3, -0.25) is 4.79 Å². The molecular weight excluding hydrogens is 492 g/mol. The molecule has 194 valence electrons. The molecule has 6 atom stereocenters. The van der Waals surface area contributed by atoms with Gasteiger partial charge in [-0.05, 0) is 25.5 Å². The van der Waals surface area contributed by atoms with E-state index in [1.54, 1.807) is 30.3 Å². The lowest BCUT2D eigenvalue weighted by Crippen LogP contribution is -2.63. The average Bonchev–Trinajstić information content (AvgIpc) is 3.38. The Bertz CT molecular complexity index is 1060. The van der Waals surface area contributed by atoms with Gasteiger partial charge in [0.15, 0.2) is 0 Å². The van der Waals surface area contributed by atoms with Crippen molar-refractivity contribution in [1.82, 2.24) is 10.2 Å². The number of β-lactam (4-membered cyclic amide) rings is 1. The minimum atomic E-state index is -1.19. The standard InChI is InChI=1S/C24H28N2O9S/c1-12-18-17(13(2)27)21(28)26(18)19(22(29)30)20(12)36-16-8-9-33-15(16)10-25-24(32)35-11-34-23(31)14-6-4-3-5-7-14/h3-7,12-13,15-18,27H,8-11H2,1-2H3,(H,25,32)(H,29,30)/t12-,13-,15-,16-,17-,18?/m1/s1. The number of rotatable bonds is 9. The van der Waals surface area contributed by atoms with Crippen LogP contribution in [0.1, 0.15) is 30.6 Å². The van der Waals surface area contributed by atoms with Crippen molar-refractivity contribution < 1.29 is 43.6 Å². The molecule has 0 aliphatic carbocycles. The maximum absolute atomic E-state index is 12.5. The molecule has 11 nitrogen and oxygen atoms in total. The Balaban J connectivity index is 1.30. The zero-order chi connectivity index (χ0) is 26.0. The van der Waals surface area contributed by atoms with E-state index in [9.17, 15) is 29.4 Å². The fraction of sp³-hybridized carbons (Fsp3) is 0.500. The summed E-state index contributed by atoms with van der Waals surface area (Å²) in [5.41, 5.74) is 0.292. The Morgan fingerprint density at radius 1 is 1.25 bits per heavy atom. The number of carbonyl (C=O) groups excluding carboxylic acids is 3. The predicted molar refractivity (Wildman–Crippen MR) is 127 cm³/mol. The summed E-state index contributed by atoms with van der Waals surface area (Å²) in [5, 5.41) is 22.2. The number of fused-ring (bicyclic) bond motifs is 1. The second-order valence-electron chi connectivity index (χ2n) is 8.85. The molecule has 3 N–H and O–H groups in total. The van der Waals surface area contributed by atoms with E-state index in [2.05, 4.69) is 5.32 Å². The zero-order valence-corrected chi connectivity index (χ0v) is 20.6. The highest BCUT2D eigenvalue weighted by atomic mass is 32.2. The fourth-order valence-corrected chi connectivity index (χ4v) is 6.34. The lowest BCUT2D eigenvalue weighted by molar-refractivity contribution is -0.163. The number of nitrogens with one attached hydrogen (secondary N) is 1. The number of thioether (sulfide) groups is 1. The number of aliphatic carboxylic acids is 1. The van der Waals surface area contributed by atoms with Crippen LogP contribution >= 0.6 is 11.8 Å². The number of esters is 1. The van der Waals surface area contributed by atoms with E-state index in [0.29, 0.717) is 23.5 Å². The van der Waals surface area contributed by atoms with Crippen LogP contribution in [-0.2, 0) is 23.8 Å². The molecule has 1 aromatic rings. The molecule has 12 heteroatoms. The number of aliphatic hydroxyl groups is 1. The molecule has 0 saturated carbocycles. The molecule has 0 bridgehead atoms. The number of hydrogen-bond donors (Lipinski definition) is 3. The molecule has 2 saturated heterocycles. The minimum Gasteiger partial charge on any atom is -0.477 e. The third-order valence-corrected chi connectivity index (χ3v) is 8.24. The van der Waals surface area contributed by atoms with Crippen molar-refractivity contribution in [3.05, 3.63) is 46.5 Å². The van der Waals surface area contributed by atoms with Gasteiger partial charge in [0.05, 0.1) is 29.7 Å². The van der Waals surface area contributed by atoms with Crippen LogP contribution in [0.5, 0.6) is 0 Å². The van der Waals surface area contributed by atoms with Crippen LogP contribution in [0, 0.1) is 11.8 Å². The molecule has 1 unspecified atom stereocenters. The summed E-state index contributed by atoms with van der Waals surface area (Å²) < 4.78 is 15.6. The highest BCUT2D eigenvalue weighted by Crippen LogP contribution is 2.52. The smallest absolute Gasteiger partial charge is 0.410 e. The van der Waals surface area contributed by atoms with Crippen LogP contribution in [0.15, 0.2) is 40.9 Å². The Morgan fingerprint density at radius 3 is 2.64 bits per heavy atom. The summed E-state index contributed by atoms with van der Waals surface area (Å²) in [4.78, 5) is 50.3. The number of carbonyl (C=O) groups is 4. The topological polar surface area (TPSA) is 152 Å². The van der Waals surface area contributed by atoms with Gasteiger partial charge < -0.3 is 34.6 Å². The number of ether oxygens (including phenoxy) is 3. The lowest BCUT2D eigenvalue weighted by atomic mass is 9.79. The van der Waals surface area contributed by atoms with Crippen LogP contribution < -0.4 is 5.32 Å². The maximum Gasteiger partial charge on any atom is 0.410 e. The number of alkyl carbamates (subject to hydrolysis) is 1. The van der Waals surface area contributed by atoms with Gasteiger partial charge in [-0.1, -0.05) is 25.1 Å². The van der Waals surface area contributed by atoms with Crippen molar-refractivity contribution in [2.75, 3.05) is 19.9 Å². The van der Waals surface area contributed by atoms with Crippen LogP contribution in [0.2, 0.25) is 0 Å². The Hall–Kier alpha value is -3.09. The number of hydrogen-bond acceptors (Lipinski definition) is 9. The van der Waals surface area contributed by atoms with Crippen LogP contribution in [0.4, 0.5) is 4.79 Å². The van der Waals surface area contributed by atoms with E-state index in [4.69, 9.17) is 14.2 Å². The first kappa shape index (κ1) is 26.0. The van der Waals surface area contributed by atoms with Gasteiger partial charge in [0.25, 0.3) is 0 Å². The normalized spacial score (nSPS) is 27.8. The summed E-state index contributed by atoms with van der Waals surface area (Å²) in [6.45, 7) is 3.38. The predicted octanol–water partition coefficient (Wildman–Crippen LogP) is 1.57. The van der Waals surface area contributed by atoms with Gasteiger partial charge in [0.1, 0.15) is 5.70 Å². The fourth-order valence-electron chi connectivity index (χ4n) is 4.82. The van der Waals surface area contributed by atoms with Crippen molar-refractivity contribution in [1.29, 1.82) is 0 Å². The molecule has 36 heavy (non-hydrogen) atoms. The largest absolute Gasteiger partial charge is 0.477 e. The minimum absolute atomic E-state index is 0.0438. The van der Waals surface area contributed by atoms with Crippen LogP contribution in [-0.4, -0.2) is 82.5 Å². The number of amides is 2. The van der Waals surface area contributed by atoms with Gasteiger partial charge in [-0.15, -0.1) is 11.8 Å². The molecule has 2 fully saturated rings. The molecule has 2 amide bonds. The second kappa shape index (κ2) is 10.9. The molecule has 0 aromatic heterocycles. The van der Waals surface area contributed by atoms with Gasteiger partial charge in [0.2, 0.25) is 12.7 Å². The monoisotopic (exact) mass is 520 g/mol. The molecule has 0 spiro atoms. The summed E-state index contributed by atoms with van der Waals surface area (Å²) in [6.07, 6.45) is -1.45. The molecular formula is C24H28N2O9S. The Labute approximate surface area is 211 Å². The summed E-state index contributed by atoms with van der Waals surface area (Å²) >= 11 is 1.34. The number of carboxylic acid groups (broad SMARTS) is 1. The lowest BCUT2D eigenvalue weighted by Gasteiger charge is -2.46. The Kier molecular flexibility index (Phi) is 7.86. The average molecular weight is 521 g/mol. The van der Waals surface area contributed by atoms with Crippen LogP contribution in [0.25, 0.3) is 0 Å². The molecule has 1 aromatic carbocycles. The molecule has 3 aliphatic rings. The van der Waals surface area contributed by atoms with E-state index in [-0.39, 0.29) is 29.3 Å². The first-order valence-corrected chi connectivity index (χ1v) is 12.5. The van der Waals surface area contributed by atoms with Crippen molar-refractivity contribution in [2.24, 2.45) is 11.8 Å². The van der Waals surface area contributed by atoms with Crippen LogP contribution in [0.3, 0.4) is 0 Å². The van der Waals surface area contributed by atoms with E-state index in [1.807, 2.05) is 6.92 Å². The number of aliphatic hydroxyl groups excluding tert-OH is 1. The van der Waals surface area contributed by atoms with Crippen molar-refractivity contribution in [2.45, 2.75) is 43.8 Å². The first-order valence-electron chi connectivity index (χ1n) is 11.6. The number of carboxylic acids is 1. The van der Waals surface area contributed by atoms with Gasteiger partial charge >= 0.3 is 18.0 Å². The Morgan fingerprint density at radius 2 is 1.97 bits per heavy atom. The highest BCUT2D eigenvalue weighted by Gasteiger charge is 2.60. The maximum atomic E-state index is 12.5. The SMILES string of the molecule is C[C@H]1C(S[C@@H]2CCO[C@@H]2CNC(=O)OCOC(=O)c2ccccc2)=C(C(=O)O)N2C(=O)[C@H]([C@@H](C)O)C12. The number of benzene rings is 1. The molecule has 3 heterocycles. The summed E-state index contributed by atoms with van der Waals surface area (Å²) in [5.74, 6) is -3.07. The van der Waals surface area contributed by atoms with E-state index < -0.39 is 49.0 Å². The summed E-state index contributed by atoms with van der Waals surface area (Å²) in [6, 6.07) is 7.91. The first-order chi connectivity index (χ1) is 17.2. The van der Waals surface area contributed by atoms with E-state index >= 15 is 0 Å². The van der Waals surface area contributed by atoms with Crippen molar-refractivity contribution in [3.63, 3.8) is 0 Å². The van der Waals surface area contributed by atoms with E-state index in [1.165, 1.54) is 23.6 Å². The quantitative estimate of drug-likeness (QED) is 0.249. The third-order valence-electron chi connectivity index (χ3n) is 6.58. The third kappa shape index (κ3) is 5.06. The van der Waals surface area contributed by atoms with Gasteiger partial charge in [-0.2, -0.15) is 0 Å². The number of nitrogens with zero attached hydrogens (tertiary/aromatic N) is 1. The molecule has 0 radical (unpaired) electrons. The molecule has 3 aliphatic heterocycles. The molecule has 4 rings (SSSR count). The summed E-state index contributed by atoms with van der Waals surface area (Å²) in [7, 11) is 0. The van der Waals surface area contributed by atoms with Gasteiger partial charge in [-0.25, -0.2) is 14.4 Å². The van der Waals surface area contributed by atoms with Gasteiger partial charge in [0, 0.05) is 29.2 Å².